The van der Waals surface area contributed by atoms with Gasteiger partial charge in [-0.2, -0.15) is 0 Å². The maximum Gasteiger partial charge on any atom is 0.0206 e. The molecule has 0 heterocycles. The molecule has 2 N–H and O–H groups in total. The number of aryl methyl sites for hydroxylation is 1. The molecule has 0 radical (unpaired) electrons. The highest BCUT2D eigenvalue weighted by Gasteiger charge is 1.95. The largest absolute Gasteiger partial charge is 0.318 e. The van der Waals surface area contributed by atoms with Gasteiger partial charge in [0.05, 0.1) is 0 Å². The second-order valence-corrected chi connectivity index (χ2v) is 4.33. The third-order valence-corrected chi connectivity index (χ3v) is 2.44. The van der Waals surface area contributed by atoms with E-state index < -0.39 is 0 Å². The van der Waals surface area contributed by atoms with Crippen LogP contribution in [-0.4, -0.2) is 20.1 Å². The van der Waals surface area contributed by atoms with Crippen molar-refractivity contribution in [2.45, 2.75) is 13.5 Å². The highest BCUT2D eigenvalue weighted by atomic mass is 79.9. The molecule has 1 rings (SSSR count). The summed E-state index contributed by atoms with van der Waals surface area (Å²) < 4.78 is 1.16. The quantitative estimate of drug-likeness (QED) is 0.789. The minimum Gasteiger partial charge on any atom is -0.318 e. The maximum absolute atomic E-state index is 3.50. The number of likely N-dealkylation sites (N-methyl/N-ethyl adjacent to an activating group) is 1. The third-order valence-electron chi connectivity index (χ3n) is 1.98. The van der Waals surface area contributed by atoms with Crippen LogP contribution >= 0.6 is 15.9 Å². The fourth-order valence-electron chi connectivity index (χ4n) is 1.36. The predicted molar refractivity (Wildman–Crippen MR) is 64.5 cm³/mol. The van der Waals surface area contributed by atoms with Crippen molar-refractivity contribution in [1.82, 2.24) is 10.6 Å². The summed E-state index contributed by atoms with van der Waals surface area (Å²) in [7, 11) is 1.96. The van der Waals surface area contributed by atoms with Gasteiger partial charge in [0.25, 0.3) is 0 Å². The van der Waals surface area contributed by atoms with Crippen molar-refractivity contribution in [3.8, 4) is 0 Å². The number of nitrogens with one attached hydrogen (secondary N) is 2. The van der Waals surface area contributed by atoms with Crippen LogP contribution in [0.3, 0.4) is 0 Å². The summed E-state index contributed by atoms with van der Waals surface area (Å²) in [5, 5.41) is 6.48. The van der Waals surface area contributed by atoms with Crippen LogP contribution in [0.2, 0.25) is 0 Å². The maximum atomic E-state index is 3.50. The molecular weight excluding hydrogens is 240 g/mol. The van der Waals surface area contributed by atoms with Crippen molar-refractivity contribution >= 4 is 15.9 Å². The van der Waals surface area contributed by atoms with E-state index in [1.165, 1.54) is 11.1 Å². The Morgan fingerprint density at radius 2 is 2.00 bits per heavy atom. The van der Waals surface area contributed by atoms with Gasteiger partial charge < -0.3 is 10.6 Å². The predicted octanol–water partition coefficient (Wildman–Crippen LogP) is 2.07. The first-order valence-corrected chi connectivity index (χ1v) is 5.63. The fraction of sp³-hybridized carbons (Fsp3) is 0.455. The molecule has 0 amide bonds. The Hall–Kier alpha value is -0.380. The zero-order valence-corrected chi connectivity index (χ0v) is 10.3. The summed E-state index contributed by atoms with van der Waals surface area (Å²) in [5.41, 5.74) is 2.62. The zero-order valence-electron chi connectivity index (χ0n) is 8.73. The number of hydrogen-bond donors (Lipinski definition) is 2. The van der Waals surface area contributed by atoms with Crippen LogP contribution in [0.25, 0.3) is 0 Å². The van der Waals surface area contributed by atoms with Gasteiger partial charge in [-0.3, -0.25) is 0 Å². The number of benzene rings is 1. The van der Waals surface area contributed by atoms with Gasteiger partial charge in [-0.1, -0.05) is 22.0 Å². The van der Waals surface area contributed by atoms with Gasteiger partial charge in [-0.25, -0.2) is 0 Å². The van der Waals surface area contributed by atoms with E-state index in [-0.39, 0.29) is 0 Å². The van der Waals surface area contributed by atoms with E-state index in [1.54, 1.807) is 0 Å². The van der Waals surface area contributed by atoms with Crippen LogP contribution in [0.15, 0.2) is 22.7 Å². The number of hydrogen-bond acceptors (Lipinski definition) is 2. The zero-order chi connectivity index (χ0) is 10.4. The van der Waals surface area contributed by atoms with E-state index in [9.17, 15) is 0 Å². The van der Waals surface area contributed by atoms with Crippen molar-refractivity contribution in [2.24, 2.45) is 0 Å². The average molecular weight is 257 g/mol. The van der Waals surface area contributed by atoms with Crippen molar-refractivity contribution in [3.63, 3.8) is 0 Å². The molecule has 14 heavy (non-hydrogen) atoms. The fourth-order valence-corrected chi connectivity index (χ4v) is 2.02. The molecule has 3 heteroatoms. The van der Waals surface area contributed by atoms with E-state index in [2.05, 4.69) is 51.7 Å². The normalized spacial score (nSPS) is 10.5. The van der Waals surface area contributed by atoms with Crippen molar-refractivity contribution < 1.29 is 0 Å². The molecular formula is C11H17BrN2. The molecule has 0 fully saturated rings. The smallest absolute Gasteiger partial charge is 0.0206 e. The standard InChI is InChI=1S/C11H17BrN2/c1-9-5-10(7-11(12)6-9)8-14-4-3-13-2/h5-7,13-14H,3-4,8H2,1-2H3. The van der Waals surface area contributed by atoms with E-state index in [0.29, 0.717) is 0 Å². The van der Waals surface area contributed by atoms with Crippen LogP contribution in [0.1, 0.15) is 11.1 Å². The molecule has 0 aliphatic rings. The van der Waals surface area contributed by atoms with Crippen LogP contribution < -0.4 is 10.6 Å². The highest BCUT2D eigenvalue weighted by Crippen LogP contribution is 2.14. The summed E-state index contributed by atoms with van der Waals surface area (Å²) in [5.74, 6) is 0. The molecule has 0 aromatic heterocycles. The summed E-state index contributed by atoms with van der Waals surface area (Å²) in [6, 6.07) is 6.48. The second-order valence-electron chi connectivity index (χ2n) is 3.42. The van der Waals surface area contributed by atoms with E-state index in [1.807, 2.05) is 7.05 Å². The molecule has 1 aromatic carbocycles. The summed E-state index contributed by atoms with van der Waals surface area (Å²) in [6.07, 6.45) is 0. The van der Waals surface area contributed by atoms with Crippen molar-refractivity contribution in [3.05, 3.63) is 33.8 Å². The lowest BCUT2D eigenvalue weighted by Gasteiger charge is -2.06. The molecule has 0 atom stereocenters. The first-order chi connectivity index (χ1) is 6.72. The Bertz CT molecular complexity index is 266. The van der Waals surface area contributed by atoms with Gasteiger partial charge in [0, 0.05) is 24.1 Å². The van der Waals surface area contributed by atoms with Crippen LogP contribution in [0.5, 0.6) is 0 Å². The number of rotatable bonds is 5. The molecule has 0 aliphatic carbocycles. The monoisotopic (exact) mass is 256 g/mol. The first kappa shape index (κ1) is 11.7. The van der Waals surface area contributed by atoms with E-state index in [4.69, 9.17) is 0 Å². The van der Waals surface area contributed by atoms with E-state index in [0.717, 1.165) is 24.1 Å². The molecule has 0 spiro atoms. The number of halogens is 1. The second kappa shape index (κ2) is 6.17. The molecule has 2 nitrogen and oxygen atoms in total. The van der Waals surface area contributed by atoms with Crippen LogP contribution in [-0.2, 0) is 6.54 Å². The van der Waals surface area contributed by atoms with Gasteiger partial charge in [0.2, 0.25) is 0 Å². The minimum absolute atomic E-state index is 0.932. The Kier molecular flexibility index (Phi) is 5.15. The van der Waals surface area contributed by atoms with Crippen molar-refractivity contribution in [2.75, 3.05) is 20.1 Å². The highest BCUT2D eigenvalue weighted by molar-refractivity contribution is 9.10. The van der Waals surface area contributed by atoms with Gasteiger partial charge >= 0.3 is 0 Å². The lowest BCUT2D eigenvalue weighted by molar-refractivity contribution is 0.650. The molecule has 0 bridgehead atoms. The lowest BCUT2D eigenvalue weighted by Crippen LogP contribution is -2.24. The van der Waals surface area contributed by atoms with Gasteiger partial charge in [0.15, 0.2) is 0 Å². The summed E-state index contributed by atoms with van der Waals surface area (Å²) in [6.45, 7) is 5.05. The first-order valence-electron chi connectivity index (χ1n) is 4.84. The van der Waals surface area contributed by atoms with Crippen LogP contribution in [0.4, 0.5) is 0 Å². The van der Waals surface area contributed by atoms with Gasteiger partial charge in [0.1, 0.15) is 0 Å². The Morgan fingerprint density at radius 1 is 1.21 bits per heavy atom. The van der Waals surface area contributed by atoms with Crippen molar-refractivity contribution in [1.29, 1.82) is 0 Å². The van der Waals surface area contributed by atoms with Crippen LogP contribution in [0, 0.1) is 6.92 Å². The Morgan fingerprint density at radius 3 is 2.64 bits per heavy atom. The average Bonchev–Trinajstić information content (AvgIpc) is 2.11. The van der Waals surface area contributed by atoms with Gasteiger partial charge in [-0.05, 0) is 37.2 Å². The molecule has 0 saturated heterocycles. The summed E-state index contributed by atoms with van der Waals surface area (Å²) >= 11 is 3.50. The molecule has 78 valence electrons. The van der Waals surface area contributed by atoms with E-state index >= 15 is 0 Å². The topological polar surface area (TPSA) is 24.1 Å². The Balaban J connectivity index is 2.42. The SMILES string of the molecule is CNCCNCc1cc(C)cc(Br)c1. The molecule has 0 aliphatic heterocycles. The molecule has 0 saturated carbocycles. The molecule has 0 unspecified atom stereocenters. The minimum atomic E-state index is 0.932. The third kappa shape index (κ3) is 4.22. The van der Waals surface area contributed by atoms with Gasteiger partial charge in [-0.15, -0.1) is 0 Å². The lowest BCUT2D eigenvalue weighted by atomic mass is 10.1. The molecule has 1 aromatic rings. The summed E-state index contributed by atoms with van der Waals surface area (Å²) in [4.78, 5) is 0. The Labute approximate surface area is 94.2 Å².